The maximum atomic E-state index is 12.7. The number of piperidine rings is 2. The Hall–Kier alpha value is -1.85. The quantitative estimate of drug-likeness (QED) is 0.892. The molecule has 1 atom stereocenters. The van der Waals surface area contributed by atoms with Crippen LogP contribution in [0, 0.1) is 11.8 Å². The average Bonchev–Trinajstić information content (AvgIpc) is 2.55. The van der Waals surface area contributed by atoms with Gasteiger partial charge in [0.25, 0.3) is 5.56 Å². The number of nitrogens with one attached hydrogen (secondary N) is 1. The fourth-order valence-corrected chi connectivity index (χ4v) is 3.44. The number of hydrogen-bond donors (Lipinski definition) is 1. The largest absolute Gasteiger partial charge is 0.369 e. The lowest BCUT2D eigenvalue weighted by molar-refractivity contribution is -0.137. The third-order valence-corrected chi connectivity index (χ3v) is 4.88. The molecule has 0 bridgehead atoms. The Labute approximate surface area is 130 Å². The summed E-state index contributed by atoms with van der Waals surface area (Å²) in [5.74, 6) is 1.06. The maximum absolute atomic E-state index is 12.7. The van der Waals surface area contributed by atoms with E-state index >= 15 is 0 Å². The molecule has 22 heavy (non-hydrogen) atoms. The van der Waals surface area contributed by atoms with Crippen molar-refractivity contribution in [2.75, 3.05) is 31.1 Å². The number of aromatic nitrogens is 2. The first-order valence-corrected chi connectivity index (χ1v) is 8.22. The van der Waals surface area contributed by atoms with E-state index in [0.29, 0.717) is 6.54 Å². The molecule has 0 radical (unpaired) electrons. The summed E-state index contributed by atoms with van der Waals surface area (Å²) in [7, 11) is 0. The molecule has 1 unspecified atom stereocenters. The summed E-state index contributed by atoms with van der Waals surface area (Å²) in [6, 6.07) is 1.56. The third kappa shape index (κ3) is 3.31. The Kier molecular flexibility index (Phi) is 4.45. The lowest BCUT2D eigenvalue weighted by atomic mass is 9.93. The lowest BCUT2D eigenvalue weighted by Gasteiger charge is -2.38. The number of carbonyl (C=O) groups is 1. The van der Waals surface area contributed by atoms with Crippen molar-refractivity contribution < 1.29 is 4.79 Å². The highest BCUT2D eigenvalue weighted by Gasteiger charge is 2.31. The predicted octanol–water partition coefficient (Wildman–Crippen LogP) is 1.24. The van der Waals surface area contributed by atoms with Gasteiger partial charge in [0.1, 0.15) is 0 Å². The number of anilines is 1. The van der Waals surface area contributed by atoms with Gasteiger partial charge in [-0.3, -0.25) is 9.59 Å². The molecular weight excluding hydrogens is 280 g/mol. The van der Waals surface area contributed by atoms with E-state index in [1.807, 2.05) is 4.90 Å². The van der Waals surface area contributed by atoms with Crippen molar-refractivity contribution in [1.29, 1.82) is 0 Å². The van der Waals surface area contributed by atoms with Crippen molar-refractivity contribution in [3.63, 3.8) is 0 Å². The summed E-state index contributed by atoms with van der Waals surface area (Å²) >= 11 is 0. The van der Waals surface area contributed by atoms with Gasteiger partial charge in [0.05, 0.1) is 17.8 Å². The van der Waals surface area contributed by atoms with Crippen LogP contribution in [0.15, 0.2) is 17.1 Å². The summed E-state index contributed by atoms with van der Waals surface area (Å²) in [5, 5.41) is 6.25. The van der Waals surface area contributed by atoms with E-state index in [-0.39, 0.29) is 17.4 Å². The Balaban J connectivity index is 1.65. The standard InChI is InChI=1S/C16H24N4O2/c1-12-4-7-19(8-5-12)16(22)13-3-2-6-20(11-13)14-9-15(21)18-17-10-14/h9-10,12-13H,2-8,11H2,1H3,(H,18,21). The second-order valence-electron chi connectivity index (χ2n) is 6.60. The highest BCUT2D eigenvalue weighted by Crippen LogP contribution is 2.25. The van der Waals surface area contributed by atoms with Crippen LogP contribution in [0.5, 0.6) is 0 Å². The van der Waals surface area contributed by atoms with Gasteiger partial charge in [0, 0.05) is 32.2 Å². The summed E-state index contributed by atoms with van der Waals surface area (Å²) < 4.78 is 0. The van der Waals surface area contributed by atoms with Gasteiger partial charge in [0.2, 0.25) is 5.91 Å². The molecular formula is C16H24N4O2. The van der Waals surface area contributed by atoms with Crippen LogP contribution in [0.2, 0.25) is 0 Å². The Bertz CT molecular complexity index is 578. The molecule has 1 amide bonds. The molecule has 2 saturated heterocycles. The van der Waals surface area contributed by atoms with Crippen LogP contribution in [0.1, 0.15) is 32.6 Å². The lowest BCUT2D eigenvalue weighted by Crippen LogP contribution is -2.47. The van der Waals surface area contributed by atoms with Crippen LogP contribution in [0.3, 0.4) is 0 Å². The fraction of sp³-hybridized carbons (Fsp3) is 0.688. The minimum atomic E-state index is -0.198. The fourth-order valence-electron chi connectivity index (χ4n) is 3.44. The second-order valence-corrected chi connectivity index (χ2v) is 6.60. The van der Waals surface area contributed by atoms with Gasteiger partial charge in [-0.05, 0) is 31.6 Å². The molecule has 1 N–H and O–H groups in total. The molecule has 0 spiro atoms. The predicted molar refractivity (Wildman–Crippen MR) is 84.8 cm³/mol. The maximum Gasteiger partial charge on any atom is 0.266 e. The summed E-state index contributed by atoms with van der Waals surface area (Å²) in [6.07, 6.45) is 5.81. The van der Waals surface area contributed by atoms with E-state index in [4.69, 9.17) is 0 Å². The molecule has 2 aliphatic heterocycles. The van der Waals surface area contributed by atoms with Gasteiger partial charge in [-0.1, -0.05) is 6.92 Å². The Morgan fingerprint density at radius 2 is 2.05 bits per heavy atom. The molecule has 3 heterocycles. The normalized spacial score (nSPS) is 23.6. The van der Waals surface area contributed by atoms with Crippen molar-refractivity contribution in [2.24, 2.45) is 11.8 Å². The van der Waals surface area contributed by atoms with E-state index in [9.17, 15) is 9.59 Å². The van der Waals surface area contributed by atoms with Crippen molar-refractivity contribution in [1.82, 2.24) is 15.1 Å². The van der Waals surface area contributed by atoms with E-state index in [1.54, 1.807) is 12.3 Å². The van der Waals surface area contributed by atoms with Crippen molar-refractivity contribution in [3.8, 4) is 0 Å². The van der Waals surface area contributed by atoms with Crippen molar-refractivity contribution in [2.45, 2.75) is 32.6 Å². The smallest absolute Gasteiger partial charge is 0.266 e. The second kappa shape index (κ2) is 6.50. The molecule has 1 aromatic heterocycles. The van der Waals surface area contributed by atoms with E-state index in [2.05, 4.69) is 22.0 Å². The highest BCUT2D eigenvalue weighted by atomic mass is 16.2. The molecule has 6 heteroatoms. The molecule has 0 aliphatic carbocycles. The zero-order valence-electron chi connectivity index (χ0n) is 13.1. The molecule has 0 aromatic carbocycles. The number of carbonyl (C=O) groups excluding carboxylic acids is 1. The van der Waals surface area contributed by atoms with Crippen LogP contribution in [-0.4, -0.2) is 47.2 Å². The summed E-state index contributed by atoms with van der Waals surface area (Å²) in [4.78, 5) is 28.3. The molecule has 0 saturated carbocycles. The zero-order chi connectivity index (χ0) is 15.5. The van der Waals surface area contributed by atoms with Crippen molar-refractivity contribution in [3.05, 3.63) is 22.6 Å². The monoisotopic (exact) mass is 304 g/mol. The molecule has 1 aromatic rings. The molecule has 2 fully saturated rings. The SMILES string of the molecule is CC1CCN(C(=O)C2CCCN(c3cn[nH]c(=O)c3)C2)CC1. The van der Waals surface area contributed by atoms with Gasteiger partial charge in [-0.2, -0.15) is 5.10 Å². The van der Waals surface area contributed by atoms with Gasteiger partial charge < -0.3 is 9.80 Å². The summed E-state index contributed by atoms with van der Waals surface area (Å²) in [6.45, 7) is 5.61. The third-order valence-electron chi connectivity index (χ3n) is 4.88. The van der Waals surface area contributed by atoms with Gasteiger partial charge in [-0.15, -0.1) is 0 Å². The van der Waals surface area contributed by atoms with Crippen LogP contribution in [-0.2, 0) is 4.79 Å². The van der Waals surface area contributed by atoms with E-state index in [1.165, 1.54) is 0 Å². The first-order valence-electron chi connectivity index (χ1n) is 8.22. The number of aromatic amines is 1. The molecule has 120 valence electrons. The number of likely N-dealkylation sites (tertiary alicyclic amines) is 1. The summed E-state index contributed by atoms with van der Waals surface area (Å²) in [5.41, 5.74) is 0.615. The van der Waals surface area contributed by atoms with Gasteiger partial charge >= 0.3 is 0 Å². The Morgan fingerprint density at radius 1 is 1.27 bits per heavy atom. The topological polar surface area (TPSA) is 69.3 Å². The van der Waals surface area contributed by atoms with Gasteiger partial charge in [0.15, 0.2) is 0 Å². The first kappa shape index (κ1) is 15.1. The average molecular weight is 304 g/mol. The minimum Gasteiger partial charge on any atom is -0.369 e. The number of H-pyrrole nitrogens is 1. The zero-order valence-corrected chi connectivity index (χ0v) is 13.1. The first-order chi connectivity index (χ1) is 10.6. The number of rotatable bonds is 2. The van der Waals surface area contributed by atoms with Crippen LogP contribution in [0.4, 0.5) is 5.69 Å². The van der Waals surface area contributed by atoms with Crippen LogP contribution >= 0.6 is 0 Å². The number of nitrogens with zero attached hydrogens (tertiary/aromatic N) is 3. The molecule has 3 rings (SSSR count). The van der Waals surface area contributed by atoms with Crippen LogP contribution < -0.4 is 10.5 Å². The molecule has 6 nitrogen and oxygen atoms in total. The number of hydrogen-bond acceptors (Lipinski definition) is 4. The van der Waals surface area contributed by atoms with Crippen LogP contribution in [0.25, 0.3) is 0 Å². The highest BCUT2D eigenvalue weighted by molar-refractivity contribution is 5.80. The Morgan fingerprint density at radius 3 is 2.77 bits per heavy atom. The van der Waals surface area contributed by atoms with E-state index < -0.39 is 0 Å². The minimum absolute atomic E-state index is 0.0430. The van der Waals surface area contributed by atoms with E-state index in [0.717, 1.165) is 56.9 Å². The number of amides is 1. The van der Waals surface area contributed by atoms with Crippen molar-refractivity contribution >= 4 is 11.6 Å². The van der Waals surface area contributed by atoms with Gasteiger partial charge in [-0.25, -0.2) is 5.10 Å². The molecule has 2 aliphatic rings.